The van der Waals surface area contributed by atoms with Crippen molar-refractivity contribution in [2.24, 2.45) is 5.73 Å². The summed E-state index contributed by atoms with van der Waals surface area (Å²) < 4.78 is 7.97. The van der Waals surface area contributed by atoms with E-state index in [1.807, 2.05) is 66.7 Å². The second-order valence-electron chi connectivity index (χ2n) is 4.29. The van der Waals surface area contributed by atoms with Crippen LogP contribution in [-0.2, 0) is 0 Å². The normalized spacial score (nSPS) is 10.5. The summed E-state index contributed by atoms with van der Waals surface area (Å²) in [6.45, 7) is 0. The highest BCUT2D eigenvalue weighted by Crippen LogP contribution is 2.24. The molecule has 1 aromatic heterocycles. The van der Waals surface area contributed by atoms with Crippen LogP contribution in [-0.4, -0.2) is 8.75 Å². The predicted molar refractivity (Wildman–Crippen MR) is 96.6 cm³/mol. The Morgan fingerprint density at radius 3 is 2.04 bits per heavy atom. The van der Waals surface area contributed by atoms with E-state index in [0.717, 1.165) is 28.5 Å². The molecular weight excluding hydrogens is 351 g/mol. The average Bonchev–Trinajstić information content (AvgIpc) is 3.02. The van der Waals surface area contributed by atoms with Gasteiger partial charge in [-0.25, -0.2) is 0 Å². The van der Waals surface area contributed by atoms with Crippen LogP contribution in [0.15, 0.2) is 60.7 Å². The lowest BCUT2D eigenvalue weighted by Gasteiger charge is -1.99. The molecule has 7 heteroatoms. The summed E-state index contributed by atoms with van der Waals surface area (Å²) >= 11 is 6.94. The van der Waals surface area contributed by atoms with E-state index in [4.69, 9.17) is 22.6 Å². The fourth-order valence-corrected chi connectivity index (χ4v) is 2.45. The first-order valence-electron chi connectivity index (χ1n) is 6.46. The van der Waals surface area contributed by atoms with E-state index in [1.54, 1.807) is 0 Å². The molecule has 0 radical (unpaired) electrons. The Hall–Kier alpha value is -1.97. The van der Waals surface area contributed by atoms with Gasteiger partial charge < -0.3 is 5.73 Å². The van der Waals surface area contributed by atoms with Gasteiger partial charge in [-0.05, 0) is 5.56 Å². The molecule has 118 valence electrons. The third kappa shape index (κ3) is 5.62. The molecule has 0 fully saturated rings. The molecule has 0 saturated heterocycles. The molecule has 1 heterocycles. The second kappa shape index (κ2) is 9.93. The summed E-state index contributed by atoms with van der Waals surface area (Å²) in [5.41, 5.74) is 8.08. The smallest absolute Gasteiger partial charge is 0.170 e. The highest BCUT2D eigenvalue weighted by Gasteiger charge is 2.06. The second-order valence-corrected chi connectivity index (χ2v) is 5.17. The monoisotopic (exact) mass is 364 g/mol. The van der Waals surface area contributed by atoms with Crippen molar-refractivity contribution in [1.82, 2.24) is 8.75 Å². The van der Waals surface area contributed by atoms with Gasteiger partial charge in [0.15, 0.2) is 5.15 Å². The van der Waals surface area contributed by atoms with E-state index in [9.17, 15) is 0 Å². The molecule has 0 saturated carbocycles. The van der Waals surface area contributed by atoms with E-state index >= 15 is 0 Å². The Morgan fingerprint density at radius 1 is 1.00 bits per heavy atom. The number of rotatable bonds is 2. The summed E-state index contributed by atoms with van der Waals surface area (Å²) in [6.07, 6.45) is 0. The van der Waals surface area contributed by atoms with Crippen molar-refractivity contribution < 1.29 is 0 Å². The Labute approximate surface area is 150 Å². The Bertz CT molecular complexity index is 742. The fraction of sp³-hybridized carbons (Fsp3) is 0.0625. The molecule has 0 bridgehead atoms. The highest BCUT2D eigenvalue weighted by atomic mass is 35.5. The zero-order valence-electron chi connectivity index (χ0n) is 12.0. The van der Waals surface area contributed by atoms with Crippen LogP contribution in [0.1, 0.15) is 11.6 Å². The number of hydrogen-bond donors (Lipinski definition) is 1. The summed E-state index contributed by atoms with van der Waals surface area (Å²) in [6, 6.07) is 20.6. The maximum atomic E-state index is 8.41. The molecule has 0 aliphatic carbocycles. The minimum absolute atomic E-state index is 0. The van der Waals surface area contributed by atoms with Crippen molar-refractivity contribution in [1.29, 1.82) is 5.26 Å². The predicted octanol–water partition coefficient (Wildman–Crippen LogP) is 4.49. The van der Waals surface area contributed by atoms with Crippen LogP contribution in [0.5, 0.6) is 0 Å². The van der Waals surface area contributed by atoms with Gasteiger partial charge >= 0.3 is 0 Å². The van der Waals surface area contributed by atoms with Crippen LogP contribution in [0, 0.1) is 11.3 Å². The quantitative estimate of drug-likeness (QED) is 0.726. The van der Waals surface area contributed by atoms with E-state index in [2.05, 4.69) is 8.75 Å². The van der Waals surface area contributed by atoms with Gasteiger partial charge in [0.05, 0.1) is 17.8 Å². The van der Waals surface area contributed by atoms with Crippen LogP contribution in [0.25, 0.3) is 11.3 Å². The van der Waals surface area contributed by atoms with E-state index in [0.29, 0.717) is 5.15 Å². The van der Waals surface area contributed by atoms with E-state index in [1.165, 1.54) is 0 Å². The molecule has 2 aromatic carbocycles. The first-order valence-corrected chi connectivity index (χ1v) is 7.57. The lowest BCUT2D eigenvalue weighted by Crippen LogP contribution is -2.06. The number of halogens is 2. The molecular formula is C16H14Cl2N4S. The van der Waals surface area contributed by atoms with E-state index < -0.39 is 6.04 Å². The number of nitriles is 1. The first kappa shape index (κ1) is 19.1. The van der Waals surface area contributed by atoms with Crippen LogP contribution >= 0.6 is 35.7 Å². The molecule has 3 rings (SSSR count). The van der Waals surface area contributed by atoms with Crippen LogP contribution in [0.4, 0.5) is 0 Å². The van der Waals surface area contributed by atoms with Crippen molar-refractivity contribution in [2.45, 2.75) is 6.04 Å². The zero-order valence-corrected chi connectivity index (χ0v) is 14.4. The lowest BCUT2D eigenvalue weighted by atomic mass is 10.1. The number of nitrogens with zero attached hydrogens (tertiary/aromatic N) is 3. The van der Waals surface area contributed by atoms with Gasteiger partial charge in [-0.15, -0.1) is 12.4 Å². The lowest BCUT2D eigenvalue weighted by molar-refractivity contribution is 0.926. The van der Waals surface area contributed by atoms with Crippen molar-refractivity contribution in [3.63, 3.8) is 0 Å². The number of benzene rings is 2. The molecule has 0 spiro atoms. The van der Waals surface area contributed by atoms with Gasteiger partial charge in [-0.1, -0.05) is 72.3 Å². The van der Waals surface area contributed by atoms with E-state index in [-0.39, 0.29) is 12.4 Å². The van der Waals surface area contributed by atoms with Gasteiger partial charge in [0, 0.05) is 5.56 Å². The standard InChI is InChI=1S/C8H5ClN2S.C8H8N2.ClH/c9-8-7(10-12-11-8)6-4-2-1-3-5-6;9-6-8(10)7-4-2-1-3-5-7;/h1-5H;1-5,8H,10H2;1H. The maximum Gasteiger partial charge on any atom is 0.170 e. The zero-order chi connectivity index (χ0) is 15.8. The number of hydrogen-bond acceptors (Lipinski definition) is 5. The Kier molecular flexibility index (Phi) is 8.23. The third-order valence-electron chi connectivity index (χ3n) is 2.79. The number of nitrogens with two attached hydrogens (primary N) is 1. The highest BCUT2D eigenvalue weighted by molar-refractivity contribution is 6.99. The van der Waals surface area contributed by atoms with Crippen LogP contribution < -0.4 is 5.73 Å². The molecule has 3 aromatic rings. The van der Waals surface area contributed by atoms with Gasteiger partial charge in [-0.3, -0.25) is 0 Å². The van der Waals surface area contributed by atoms with Crippen molar-refractivity contribution in [3.8, 4) is 17.3 Å². The molecule has 0 amide bonds. The molecule has 2 N–H and O–H groups in total. The molecule has 4 nitrogen and oxygen atoms in total. The van der Waals surface area contributed by atoms with Crippen molar-refractivity contribution >= 4 is 35.7 Å². The summed E-state index contributed by atoms with van der Waals surface area (Å²) in [5, 5.41) is 8.89. The van der Waals surface area contributed by atoms with Crippen molar-refractivity contribution in [2.75, 3.05) is 0 Å². The molecule has 0 aliphatic rings. The Morgan fingerprint density at radius 2 is 1.57 bits per heavy atom. The SMILES string of the molecule is Cl.Clc1nsnc1-c1ccccc1.N#CC(N)c1ccccc1. The van der Waals surface area contributed by atoms with Gasteiger partial charge in [0.1, 0.15) is 11.7 Å². The largest absolute Gasteiger partial charge is 0.312 e. The topological polar surface area (TPSA) is 75.6 Å². The molecule has 0 aliphatic heterocycles. The van der Waals surface area contributed by atoms with Crippen molar-refractivity contribution in [3.05, 3.63) is 71.4 Å². The summed E-state index contributed by atoms with van der Waals surface area (Å²) in [4.78, 5) is 0. The van der Waals surface area contributed by atoms with Crippen LogP contribution in [0.3, 0.4) is 0 Å². The minimum Gasteiger partial charge on any atom is -0.312 e. The summed E-state index contributed by atoms with van der Waals surface area (Å²) in [5.74, 6) is 0. The van der Waals surface area contributed by atoms with Gasteiger partial charge in [-0.2, -0.15) is 14.0 Å². The first-order chi connectivity index (χ1) is 10.7. The number of aromatic nitrogens is 2. The third-order valence-corrected chi connectivity index (χ3v) is 3.69. The Balaban J connectivity index is 0.000000224. The minimum atomic E-state index is -0.485. The maximum absolute atomic E-state index is 8.41. The summed E-state index contributed by atoms with van der Waals surface area (Å²) in [7, 11) is 0. The molecule has 1 unspecified atom stereocenters. The molecule has 23 heavy (non-hydrogen) atoms. The van der Waals surface area contributed by atoms with Gasteiger partial charge in [0.2, 0.25) is 0 Å². The average molecular weight is 365 g/mol. The molecule has 1 atom stereocenters. The van der Waals surface area contributed by atoms with Crippen LogP contribution in [0.2, 0.25) is 5.15 Å². The van der Waals surface area contributed by atoms with Gasteiger partial charge in [0.25, 0.3) is 0 Å². The fourth-order valence-electron chi connectivity index (χ4n) is 1.68.